The molecular formula is C23H26O3. The van der Waals surface area contributed by atoms with Crippen LogP contribution in [0, 0.1) is 5.41 Å². The van der Waals surface area contributed by atoms with Gasteiger partial charge in [-0.15, -0.1) is 0 Å². The molecule has 2 aromatic rings. The summed E-state index contributed by atoms with van der Waals surface area (Å²) in [5.41, 5.74) is 1.48. The van der Waals surface area contributed by atoms with E-state index in [0.29, 0.717) is 13.2 Å². The SMILES string of the molecule is CCOC(=O)C1(C=Cc2ccccc2)CCCC1OCc1ccccc1. The molecule has 0 N–H and O–H groups in total. The number of benzene rings is 2. The van der Waals surface area contributed by atoms with Gasteiger partial charge in [-0.25, -0.2) is 0 Å². The summed E-state index contributed by atoms with van der Waals surface area (Å²) in [6, 6.07) is 20.1. The number of hydrogen-bond donors (Lipinski definition) is 0. The zero-order valence-electron chi connectivity index (χ0n) is 15.3. The molecule has 1 aliphatic carbocycles. The van der Waals surface area contributed by atoms with Crippen molar-refractivity contribution in [1.29, 1.82) is 0 Å². The molecule has 0 saturated heterocycles. The summed E-state index contributed by atoms with van der Waals surface area (Å²) in [5, 5.41) is 0. The van der Waals surface area contributed by atoms with Crippen LogP contribution >= 0.6 is 0 Å². The maximum absolute atomic E-state index is 12.9. The molecule has 0 bridgehead atoms. The van der Waals surface area contributed by atoms with E-state index in [4.69, 9.17) is 9.47 Å². The summed E-state index contributed by atoms with van der Waals surface area (Å²) < 4.78 is 11.6. The maximum Gasteiger partial charge on any atom is 0.318 e. The van der Waals surface area contributed by atoms with Crippen molar-refractivity contribution in [3.05, 3.63) is 77.9 Å². The Hall–Kier alpha value is -2.39. The Morgan fingerprint density at radius 3 is 2.50 bits per heavy atom. The molecule has 0 aromatic heterocycles. The minimum Gasteiger partial charge on any atom is -0.465 e. The van der Waals surface area contributed by atoms with Crippen LogP contribution < -0.4 is 0 Å². The van der Waals surface area contributed by atoms with Crippen molar-refractivity contribution in [2.24, 2.45) is 5.41 Å². The number of carbonyl (C=O) groups excluding carboxylic acids is 1. The first-order valence-corrected chi connectivity index (χ1v) is 9.31. The minimum absolute atomic E-state index is 0.165. The van der Waals surface area contributed by atoms with Crippen LogP contribution in [-0.2, 0) is 20.9 Å². The van der Waals surface area contributed by atoms with Crippen LogP contribution in [0.15, 0.2) is 66.7 Å². The average molecular weight is 350 g/mol. The van der Waals surface area contributed by atoms with Crippen LogP contribution in [0.25, 0.3) is 6.08 Å². The van der Waals surface area contributed by atoms with E-state index in [9.17, 15) is 4.79 Å². The first-order valence-electron chi connectivity index (χ1n) is 9.31. The normalized spacial score (nSPS) is 22.6. The lowest BCUT2D eigenvalue weighted by molar-refractivity contribution is -0.159. The van der Waals surface area contributed by atoms with Crippen LogP contribution in [0.2, 0.25) is 0 Å². The summed E-state index contributed by atoms with van der Waals surface area (Å²) in [6.45, 7) is 2.73. The largest absolute Gasteiger partial charge is 0.465 e. The second kappa shape index (κ2) is 8.81. The third-order valence-corrected chi connectivity index (χ3v) is 4.95. The molecule has 3 nitrogen and oxygen atoms in total. The number of esters is 1. The Bertz CT molecular complexity index is 724. The average Bonchev–Trinajstić information content (AvgIpc) is 3.11. The molecular weight excluding hydrogens is 324 g/mol. The maximum atomic E-state index is 12.9. The van der Waals surface area contributed by atoms with Crippen LogP contribution in [0.4, 0.5) is 0 Å². The van der Waals surface area contributed by atoms with Crippen LogP contribution in [-0.4, -0.2) is 18.7 Å². The van der Waals surface area contributed by atoms with E-state index in [1.165, 1.54) is 0 Å². The second-order valence-corrected chi connectivity index (χ2v) is 6.68. The fourth-order valence-electron chi connectivity index (χ4n) is 3.57. The van der Waals surface area contributed by atoms with Gasteiger partial charge in [0.1, 0.15) is 5.41 Å². The molecule has 136 valence electrons. The molecule has 3 rings (SSSR count). The van der Waals surface area contributed by atoms with Crippen molar-refractivity contribution < 1.29 is 14.3 Å². The summed E-state index contributed by atoms with van der Waals surface area (Å²) in [7, 11) is 0. The Balaban J connectivity index is 1.81. The third-order valence-electron chi connectivity index (χ3n) is 4.95. The Kier molecular flexibility index (Phi) is 6.24. The number of ether oxygens (including phenoxy) is 2. The third kappa shape index (κ3) is 4.23. The van der Waals surface area contributed by atoms with Crippen LogP contribution in [0.5, 0.6) is 0 Å². The van der Waals surface area contributed by atoms with Gasteiger partial charge in [-0.1, -0.05) is 72.8 Å². The molecule has 2 aromatic carbocycles. The van der Waals surface area contributed by atoms with Gasteiger partial charge in [0, 0.05) is 0 Å². The van der Waals surface area contributed by atoms with E-state index in [-0.39, 0.29) is 12.1 Å². The zero-order valence-corrected chi connectivity index (χ0v) is 15.3. The zero-order chi connectivity index (χ0) is 18.2. The highest BCUT2D eigenvalue weighted by molar-refractivity contribution is 5.82. The van der Waals surface area contributed by atoms with Crippen molar-refractivity contribution in [2.75, 3.05) is 6.61 Å². The first-order chi connectivity index (χ1) is 12.7. The molecule has 0 amide bonds. The fourth-order valence-corrected chi connectivity index (χ4v) is 3.57. The van der Waals surface area contributed by atoms with Crippen molar-refractivity contribution in [2.45, 2.75) is 38.9 Å². The van der Waals surface area contributed by atoms with Crippen molar-refractivity contribution in [3.8, 4) is 0 Å². The standard InChI is InChI=1S/C23H26O3/c1-2-25-22(24)23(17-15-19-10-5-3-6-11-19)16-9-14-21(23)26-18-20-12-7-4-8-13-20/h3-8,10-13,15,17,21H,2,9,14,16,18H2,1H3. The highest BCUT2D eigenvalue weighted by atomic mass is 16.5. The van der Waals surface area contributed by atoms with E-state index < -0.39 is 5.41 Å². The molecule has 0 spiro atoms. The summed E-state index contributed by atoms with van der Waals surface area (Å²) in [5.74, 6) is -0.178. The van der Waals surface area contributed by atoms with Crippen molar-refractivity contribution in [1.82, 2.24) is 0 Å². The number of hydrogen-bond acceptors (Lipinski definition) is 3. The lowest BCUT2D eigenvalue weighted by Gasteiger charge is -2.30. The Morgan fingerprint density at radius 1 is 1.12 bits per heavy atom. The minimum atomic E-state index is -0.708. The van der Waals surface area contributed by atoms with E-state index in [0.717, 1.165) is 30.4 Å². The molecule has 1 saturated carbocycles. The van der Waals surface area contributed by atoms with Gasteiger partial charge in [0.05, 0.1) is 19.3 Å². The van der Waals surface area contributed by atoms with Crippen molar-refractivity contribution in [3.63, 3.8) is 0 Å². The summed E-state index contributed by atoms with van der Waals surface area (Å²) >= 11 is 0. The van der Waals surface area contributed by atoms with Gasteiger partial charge < -0.3 is 9.47 Å². The predicted octanol–water partition coefficient (Wildman–Crippen LogP) is 5.02. The van der Waals surface area contributed by atoms with Gasteiger partial charge in [0.2, 0.25) is 0 Å². The van der Waals surface area contributed by atoms with Gasteiger partial charge in [0.25, 0.3) is 0 Å². The van der Waals surface area contributed by atoms with Gasteiger partial charge in [-0.2, -0.15) is 0 Å². The van der Waals surface area contributed by atoms with Crippen LogP contribution in [0.1, 0.15) is 37.3 Å². The number of carbonyl (C=O) groups is 1. The summed E-state index contributed by atoms with van der Waals surface area (Å²) in [4.78, 5) is 12.9. The lowest BCUT2D eigenvalue weighted by Crippen LogP contribution is -2.39. The van der Waals surface area contributed by atoms with E-state index >= 15 is 0 Å². The topological polar surface area (TPSA) is 35.5 Å². The molecule has 2 unspecified atom stereocenters. The predicted molar refractivity (Wildman–Crippen MR) is 103 cm³/mol. The quantitative estimate of drug-likeness (QED) is 0.658. The highest BCUT2D eigenvalue weighted by Crippen LogP contribution is 2.43. The fraction of sp³-hybridized carbons (Fsp3) is 0.348. The van der Waals surface area contributed by atoms with E-state index in [2.05, 4.69) is 0 Å². The monoisotopic (exact) mass is 350 g/mol. The molecule has 3 heteroatoms. The molecule has 0 heterocycles. The van der Waals surface area contributed by atoms with E-state index in [1.807, 2.05) is 79.7 Å². The van der Waals surface area contributed by atoms with Crippen molar-refractivity contribution >= 4 is 12.0 Å². The molecule has 26 heavy (non-hydrogen) atoms. The lowest BCUT2D eigenvalue weighted by atomic mass is 9.83. The van der Waals surface area contributed by atoms with Gasteiger partial charge in [0.15, 0.2) is 0 Å². The molecule has 1 aliphatic rings. The number of rotatable bonds is 7. The molecule has 1 fully saturated rings. The van der Waals surface area contributed by atoms with Crippen LogP contribution in [0.3, 0.4) is 0 Å². The van der Waals surface area contributed by atoms with Gasteiger partial charge in [-0.05, 0) is 37.3 Å². The smallest absolute Gasteiger partial charge is 0.318 e. The summed E-state index contributed by atoms with van der Waals surface area (Å²) in [6.07, 6.45) is 6.43. The van der Waals surface area contributed by atoms with Gasteiger partial charge in [-0.3, -0.25) is 4.79 Å². The highest BCUT2D eigenvalue weighted by Gasteiger charge is 2.49. The Labute approximate surface area is 155 Å². The second-order valence-electron chi connectivity index (χ2n) is 6.68. The van der Waals surface area contributed by atoms with E-state index in [1.54, 1.807) is 0 Å². The first kappa shape index (κ1) is 18.4. The molecule has 0 radical (unpaired) electrons. The Morgan fingerprint density at radius 2 is 1.81 bits per heavy atom. The van der Waals surface area contributed by atoms with Gasteiger partial charge >= 0.3 is 5.97 Å². The molecule has 0 aliphatic heterocycles. The molecule has 2 atom stereocenters.